The van der Waals surface area contributed by atoms with Crippen molar-refractivity contribution in [3.8, 4) is 0 Å². The third-order valence-electron chi connectivity index (χ3n) is 3.73. The van der Waals surface area contributed by atoms with E-state index in [4.69, 9.17) is 4.42 Å². The Bertz CT molecular complexity index is 917. The number of rotatable bonds is 4. The van der Waals surface area contributed by atoms with Crippen molar-refractivity contribution < 1.29 is 14.0 Å². The average molecular weight is 340 g/mol. The van der Waals surface area contributed by atoms with Gasteiger partial charge in [0.25, 0.3) is 0 Å². The smallest absolute Gasteiger partial charge is 0.319 e. The van der Waals surface area contributed by atoms with E-state index in [-0.39, 0.29) is 12.1 Å². The third kappa shape index (κ3) is 3.82. The Hall–Kier alpha value is -3.22. The van der Waals surface area contributed by atoms with Gasteiger partial charge in [-0.3, -0.25) is 0 Å². The maximum atomic E-state index is 11.9. The number of carbonyl (C=O) groups excluding carboxylic acids is 2. The van der Waals surface area contributed by atoms with Gasteiger partial charge in [-0.1, -0.05) is 18.2 Å². The number of anilines is 1. The summed E-state index contributed by atoms with van der Waals surface area (Å²) in [4.78, 5) is 24.7. The molecule has 0 atom stereocenters. The molecule has 7 nitrogen and oxygen atoms in total. The first-order valence-electron chi connectivity index (χ1n) is 7.96. The van der Waals surface area contributed by atoms with Gasteiger partial charge in [-0.15, -0.1) is 0 Å². The Morgan fingerprint density at radius 3 is 2.48 bits per heavy atom. The normalized spacial score (nSPS) is 10.6. The zero-order valence-electron chi connectivity index (χ0n) is 14.1. The number of fused-ring (bicyclic) bond motifs is 3. The van der Waals surface area contributed by atoms with Crippen molar-refractivity contribution in [1.82, 2.24) is 15.5 Å². The lowest BCUT2D eigenvalue weighted by atomic mass is 10.1. The summed E-state index contributed by atoms with van der Waals surface area (Å²) in [6, 6.07) is 12.8. The number of carbonyl (C=O) groups is 2. The lowest BCUT2D eigenvalue weighted by Gasteiger charge is -2.12. The van der Waals surface area contributed by atoms with Gasteiger partial charge in [-0.2, -0.15) is 0 Å². The van der Waals surface area contributed by atoms with Crippen LogP contribution in [0.3, 0.4) is 0 Å². The molecular formula is C18H20N4O3. The maximum absolute atomic E-state index is 11.9. The molecule has 0 bridgehead atoms. The SMILES string of the molecule is CN(C)C(=O)NCCNC(=O)Nc1ccc2c(c1)oc1ccccc12. The van der Waals surface area contributed by atoms with Crippen molar-refractivity contribution in [2.24, 2.45) is 0 Å². The molecule has 0 spiro atoms. The summed E-state index contributed by atoms with van der Waals surface area (Å²) in [5, 5.41) is 10.2. The second-order valence-electron chi connectivity index (χ2n) is 5.82. The van der Waals surface area contributed by atoms with Crippen LogP contribution in [0.1, 0.15) is 0 Å². The molecule has 3 aromatic rings. The summed E-state index contributed by atoms with van der Waals surface area (Å²) in [7, 11) is 3.31. The average Bonchev–Trinajstić information content (AvgIpc) is 2.96. The van der Waals surface area contributed by atoms with E-state index in [9.17, 15) is 9.59 Å². The molecular weight excluding hydrogens is 320 g/mol. The van der Waals surface area contributed by atoms with Crippen LogP contribution in [-0.2, 0) is 0 Å². The van der Waals surface area contributed by atoms with Gasteiger partial charge >= 0.3 is 12.1 Å². The van der Waals surface area contributed by atoms with Gasteiger partial charge in [0, 0.05) is 49.7 Å². The van der Waals surface area contributed by atoms with Crippen molar-refractivity contribution in [2.45, 2.75) is 0 Å². The van der Waals surface area contributed by atoms with E-state index in [2.05, 4.69) is 16.0 Å². The van der Waals surface area contributed by atoms with Crippen LogP contribution in [0, 0.1) is 0 Å². The van der Waals surface area contributed by atoms with Crippen molar-refractivity contribution in [3.63, 3.8) is 0 Å². The monoisotopic (exact) mass is 340 g/mol. The number of benzene rings is 2. The summed E-state index contributed by atoms with van der Waals surface area (Å²) >= 11 is 0. The fourth-order valence-electron chi connectivity index (χ4n) is 2.48. The van der Waals surface area contributed by atoms with E-state index in [1.54, 1.807) is 20.2 Å². The molecule has 7 heteroatoms. The standard InChI is InChI=1S/C18H20N4O3/c1-22(2)18(24)20-10-9-19-17(23)21-12-7-8-14-13-5-3-4-6-15(13)25-16(14)11-12/h3-8,11H,9-10H2,1-2H3,(H,20,24)(H2,19,21,23). The molecule has 1 aromatic heterocycles. The van der Waals surface area contributed by atoms with Crippen LogP contribution in [0.2, 0.25) is 0 Å². The van der Waals surface area contributed by atoms with E-state index in [1.807, 2.05) is 36.4 Å². The van der Waals surface area contributed by atoms with Gasteiger partial charge in [-0.05, 0) is 18.2 Å². The van der Waals surface area contributed by atoms with Crippen LogP contribution in [0.25, 0.3) is 21.9 Å². The molecule has 0 aliphatic heterocycles. The Labute approximate surface area is 145 Å². The lowest BCUT2D eigenvalue weighted by Crippen LogP contribution is -2.40. The third-order valence-corrected chi connectivity index (χ3v) is 3.73. The van der Waals surface area contributed by atoms with Crippen LogP contribution in [0.15, 0.2) is 46.9 Å². The fourth-order valence-corrected chi connectivity index (χ4v) is 2.48. The van der Waals surface area contributed by atoms with E-state index in [0.29, 0.717) is 18.8 Å². The molecule has 0 saturated carbocycles. The molecule has 25 heavy (non-hydrogen) atoms. The topological polar surface area (TPSA) is 86.6 Å². The van der Waals surface area contributed by atoms with Crippen molar-refractivity contribution in [2.75, 3.05) is 32.5 Å². The first-order chi connectivity index (χ1) is 12.0. The van der Waals surface area contributed by atoms with Gasteiger partial charge in [0.2, 0.25) is 0 Å². The molecule has 0 saturated heterocycles. The second kappa shape index (κ2) is 7.12. The number of nitrogens with zero attached hydrogens (tertiary/aromatic N) is 1. The van der Waals surface area contributed by atoms with Crippen LogP contribution >= 0.6 is 0 Å². The molecule has 0 aliphatic rings. The van der Waals surface area contributed by atoms with E-state index in [1.165, 1.54) is 4.90 Å². The first-order valence-corrected chi connectivity index (χ1v) is 7.96. The van der Waals surface area contributed by atoms with Gasteiger partial charge < -0.3 is 25.3 Å². The van der Waals surface area contributed by atoms with Crippen molar-refractivity contribution >= 4 is 39.7 Å². The molecule has 0 unspecified atom stereocenters. The molecule has 2 aromatic carbocycles. The minimum absolute atomic E-state index is 0.197. The molecule has 0 radical (unpaired) electrons. The van der Waals surface area contributed by atoms with E-state index < -0.39 is 0 Å². The first kappa shape index (κ1) is 16.6. The highest BCUT2D eigenvalue weighted by atomic mass is 16.3. The molecule has 0 fully saturated rings. The Kier molecular flexibility index (Phi) is 4.74. The van der Waals surface area contributed by atoms with Crippen LogP contribution in [0.5, 0.6) is 0 Å². The minimum Gasteiger partial charge on any atom is -0.456 e. The lowest BCUT2D eigenvalue weighted by molar-refractivity contribution is 0.217. The van der Waals surface area contributed by atoms with Crippen LogP contribution < -0.4 is 16.0 Å². The fraction of sp³-hybridized carbons (Fsp3) is 0.222. The van der Waals surface area contributed by atoms with Gasteiger partial charge in [0.15, 0.2) is 0 Å². The molecule has 4 amide bonds. The Balaban J connectivity index is 1.58. The van der Waals surface area contributed by atoms with Crippen LogP contribution in [0.4, 0.5) is 15.3 Å². The zero-order valence-corrected chi connectivity index (χ0v) is 14.1. The minimum atomic E-state index is -0.338. The van der Waals surface area contributed by atoms with Crippen molar-refractivity contribution in [3.05, 3.63) is 42.5 Å². The Morgan fingerprint density at radius 1 is 0.960 bits per heavy atom. The summed E-state index contributed by atoms with van der Waals surface area (Å²) in [6.07, 6.45) is 0. The van der Waals surface area contributed by atoms with Crippen LogP contribution in [-0.4, -0.2) is 44.1 Å². The van der Waals surface area contributed by atoms with Crippen molar-refractivity contribution in [1.29, 1.82) is 0 Å². The number of hydrogen-bond acceptors (Lipinski definition) is 3. The summed E-state index contributed by atoms with van der Waals surface area (Å²) in [6.45, 7) is 0.686. The molecule has 0 aliphatic carbocycles. The quantitative estimate of drug-likeness (QED) is 0.638. The number of furan rings is 1. The highest BCUT2D eigenvalue weighted by Gasteiger charge is 2.08. The maximum Gasteiger partial charge on any atom is 0.319 e. The highest BCUT2D eigenvalue weighted by molar-refractivity contribution is 6.06. The van der Waals surface area contributed by atoms with Gasteiger partial charge in [-0.25, -0.2) is 9.59 Å². The summed E-state index contributed by atoms with van der Waals surface area (Å²) in [5.74, 6) is 0. The molecule has 3 N–H and O–H groups in total. The predicted octanol–water partition coefficient (Wildman–Crippen LogP) is 2.98. The van der Waals surface area contributed by atoms with Gasteiger partial charge in [0.1, 0.15) is 11.2 Å². The summed E-state index contributed by atoms with van der Waals surface area (Å²) < 4.78 is 5.80. The predicted molar refractivity (Wildman–Crippen MR) is 97.8 cm³/mol. The Morgan fingerprint density at radius 2 is 1.68 bits per heavy atom. The molecule has 1 heterocycles. The molecule has 3 rings (SSSR count). The summed E-state index contributed by atoms with van der Waals surface area (Å²) in [5.41, 5.74) is 2.18. The number of amides is 4. The number of nitrogens with one attached hydrogen (secondary N) is 3. The zero-order chi connectivity index (χ0) is 17.8. The second-order valence-corrected chi connectivity index (χ2v) is 5.82. The largest absolute Gasteiger partial charge is 0.456 e. The number of hydrogen-bond donors (Lipinski definition) is 3. The number of urea groups is 2. The van der Waals surface area contributed by atoms with E-state index in [0.717, 1.165) is 21.9 Å². The van der Waals surface area contributed by atoms with E-state index >= 15 is 0 Å². The van der Waals surface area contributed by atoms with Gasteiger partial charge in [0.05, 0.1) is 0 Å². The number of para-hydroxylation sites is 1. The highest BCUT2D eigenvalue weighted by Crippen LogP contribution is 2.30. The molecule has 130 valence electrons.